The first-order valence-corrected chi connectivity index (χ1v) is 7.57. The predicted octanol–water partition coefficient (Wildman–Crippen LogP) is 4.15. The van der Waals surface area contributed by atoms with Crippen molar-refractivity contribution in [3.8, 4) is 0 Å². The summed E-state index contributed by atoms with van der Waals surface area (Å²) in [5.74, 6) is -0.302. The first-order chi connectivity index (χ1) is 11.3. The Kier molecular flexibility index (Phi) is 5.92. The van der Waals surface area contributed by atoms with Crippen molar-refractivity contribution in [2.24, 2.45) is 0 Å². The van der Waals surface area contributed by atoms with Crippen molar-refractivity contribution < 1.29 is 18.0 Å². The Bertz CT molecular complexity index is 717. The van der Waals surface area contributed by atoms with Crippen molar-refractivity contribution in [1.29, 1.82) is 0 Å². The lowest BCUT2D eigenvalue weighted by atomic mass is 10.1. The molecule has 7 heteroatoms. The number of rotatable bonds is 4. The molecule has 0 fully saturated rings. The number of alkyl halides is 3. The Labute approximate surface area is 142 Å². The number of thiocarbonyl (C=S) groups is 1. The fraction of sp³-hybridized carbons (Fsp3) is 0.176. The highest BCUT2D eigenvalue weighted by molar-refractivity contribution is 7.80. The second kappa shape index (κ2) is 7.92. The summed E-state index contributed by atoms with van der Waals surface area (Å²) in [5.41, 5.74) is 0.397. The minimum Gasteiger partial charge on any atom is -0.332 e. The van der Waals surface area contributed by atoms with Crippen LogP contribution in [0.2, 0.25) is 0 Å². The van der Waals surface area contributed by atoms with E-state index in [4.69, 9.17) is 12.2 Å². The topological polar surface area (TPSA) is 41.1 Å². The van der Waals surface area contributed by atoms with Crippen molar-refractivity contribution >= 4 is 28.9 Å². The number of amides is 1. The van der Waals surface area contributed by atoms with Gasteiger partial charge in [0.1, 0.15) is 0 Å². The van der Waals surface area contributed by atoms with Gasteiger partial charge in [0.05, 0.1) is 5.56 Å². The molecule has 0 radical (unpaired) electrons. The van der Waals surface area contributed by atoms with Gasteiger partial charge in [-0.3, -0.25) is 4.79 Å². The van der Waals surface area contributed by atoms with Crippen molar-refractivity contribution in [1.82, 2.24) is 5.32 Å². The molecule has 1 amide bonds. The minimum absolute atomic E-state index is 0.0348. The normalized spacial score (nSPS) is 11.0. The second-order valence-electron chi connectivity index (χ2n) is 5.07. The molecule has 0 aromatic heterocycles. The molecule has 3 nitrogen and oxygen atoms in total. The van der Waals surface area contributed by atoms with Crippen LogP contribution < -0.4 is 10.6 Å². The molecule has 0 aliphatic rings. The Morgan fingerprint density at radius 1 is 1.04 bits per heavy atom. The smallest absolute Gasteiger partial charge is 0.332 e. The summed E-state index contributed by atoms with van der Waals surface area (Å²) in [4.78, 5) is 11.8. The monoisotopic (exact) mass is 352 g/mol. The quantitative estimate of drug-likeness (QED) is 0.812. The molecular formula is C17H15F3N2OS. The molecule has 0 saturated heterocycles. The highest BCUT2D eigenvalue weighted by Crippen LogP contribution is 2.30. The van der Waals surface area contributed by atoms with Gasteiger partial charge in [-0.05, 0) is 42.4 Å². The van der Waals surface area contributed by atoms with E-state index >= 15 is 0 Å². The van der Waals surface area contributed by atoms with Crippen LogP contribution >= 0.6 is 12.2 Å². The molecule has 0 spiro atoms. The van der Waals surface area contributed by atoms with Gasteiger partial charge >= 0.3 is 6.18 Å². The number of carbonyl (C=O) groups is 1. The van der Waals surface area contributed by atoms with Crippen LogP contribution in [0.15, 0.2) is 54.6 Å². The molecule has 2 N–H and O–H groups in total. The molecule has 0 bridgehead atoms. The molecule has 2 aromatic carbocycles. The number of aryl methyl sites for hydroxylation is 1. The SMILES string of the molecule is O=C(CCc1ccccc1)NC(=S)Nc1cccc(C(F)(F)F)c1. The van der Waals surface area contributed by atoms with Gasteiger partial charge in [0.2, 0.25) is 5.91 Å². The molecule has 0 unspecified atom stereocenters. The molecule has 0 aliphatic carbocycles. The molecule has 2 rings (SSSR count). The van der Waals surface area contributed by atoms with Crippen molar-refractivity contribution in [2.75, 3.05) is 5.32 Å². The molecule has 126 valence electrons. The lowest BCUT2D eigenvalue weighted by Gasteiger charge is -2.12. The molecule has 0 heterocycles. The van der Waals surface area contributed by atoms with E-state index in [0.29, 0.717) is 6.42 Å². The van der Waals surface area contributed by atoms with Gasteiger partial charge in [0.25, 0.3) is 0 Å². The van der Waals surface area contributed by atoms with Gasteiger partial charge in [-0.2, -0.15) is 13.2 Å². The van der Waals surface area contributed by atoms with Gasteiger partial charge in [0, 0.05) is 12.1 Å². The first-order valence-electron chi connectivity index (χ1n) is 7.16. The van der Waals surface area contributed by atoms with E-state index in [0.717, 1.165) is 17.7 Å². The third-order valence-electron chi connectivity index (χ3n) is 3.18. The van der Waals surface area contributed by atoms with E-state index in [1.807, 2.05) is 30.3 Å². The summed E-state index contributed by atoms with van der Waals surface area (Å²) in [6.45, 7) is 0. The Hall–Kier alpha value is -2.41. The zero-order valence-corrected chi connectivity index (χ0v) is 13.4. The zero-order chi connectivity index (χ0) is 17.6. The Balaban J connectivity index is 1.85. The van der Waals surface area contributed by atoms with Gasteiger partial charge in [-0.25, -0.2) is 0 Å². The number of hydrogen-bond donors (Lipinski definition) is 2. The summed E-state index contributed by atoms with van der Waals surface area (Å²) < 4.78 is 37.9. The Morgan fingerprint density at radius 2 is 1.75 bits per heavy atom. The van der Waals surface area contributed by atoms with E-state index in [1.54, 1.807) is 0 Å². The maximum atomic E-state index is 12.6. The number of halogens is 3. The van der Waals surface area contributed by atoms with Gasteiger partial charge in [0.15, 0.2) is 5.11 Å². The zero-order valence-electron chi connectivity index (χ0n) is 12.6. The van der Waals surface area contributed by atoms with Crippen LogP contribution in [0.5, 0.6) is 0 Å². The molecule has 2 aromatic rings. The first kappa shape index (κ1) is 17.9. The number of nitrogens with one attached hydrogen (secondary N) is 2. The van der Waals surface area contributed by atoms with Crippen LogP contribution in [0.25, 0.3) is 0 Å². The number of anilines is 1. The van der Waals surface area contributed by atoms with E-state index in [9.17, 15) is 18.0 Å². The van der Waals surface area contributed by atoms with Crippen molar-refractivity contribution in [3.63, 3.8) is 0 Å². The second-order valence-corrected chi connectivity index (χ2v) is 5.47. The maximum Gasteiger partial charge on any atom is 0.416 e. The van der Waals surface area contributed by atoms with Crippen LogP contribution in [-0.4, -0.2) is 11.0 Å². The number of carbonyl (C=O) groups excluding carboxylic acids is 1. The highest BCUT2D eigenvalue weighted by atomic mass is 32.1. The van der Waals surface area contributed by atoms with E-state index in [1.165, 1.54) is 12.1 Å². The lowest BCUT2D eigenvalue weighted by molar-refractivity contribution is -0.137. The van der Waals surface area contributed by atoms with Crippen LogP contribution in [0.1, 0.15) is 17.5 Å². The maximum absolute atomic E-state index is 12.6. The predicted molar refractivity (Wildman–Crippen MR) is 90.6 cm³/mol. The third-order valence-corrected chi connectivity index (χ3v) is 3.39. The van der Waals surface area contributed by atoms with E-state index in [2.05, 4.69) is 10.6 Å². The molecule has 0 saturated carbocycles. The van der Waals surface area contributed by atoms with Crippen LogP contribution in [0.4, 0.5) is 18.9 Å². The Morgan fingerprint density at radius 3 is 2.42 bits per heavy atom. The van der Waals surface area contributed by atoms with Gasteiger partial charge in [-0.1, -0.05) is 36.4 Å². The molecule has 0 aliphatic heterocycles. The minimum atomic E-state index is -4.43. The molecule has 24 heavy (non-hydrogen) atoms. The van der Waals surface area contributed by atoms with Crippen molar-refractivity contribution in [2.45, 2.75) is 19.0 Å². The van der Waals surface area contributed by atoms with Crippen LogP contribution in [0, 0.1) is 0 Å². The standard InChI is InChI=1S/C17H15F3N2OS/c18-17(19,20)13-7-4-8-14(11-13)21-16(24)22-15(23)10-9-12-5-2-1-3-6-12/h1-8,11H,9-10H2,(H2,21,22,23,24). The lowest BCUT2D eigenvalue weighted by Crippen LogP contribution is -2.34. The average molecular weight is 352 g/mol. The average Bonchev–Trinajstić information content (AvgIpc) is 2.53. The molecule has 0 atom stereocenters. The van der Waals surface area contributed by atoms with Crippen LogP contribution in [0.3, 0.4) is 0 Å². The van der Waals surface area contributed by atoms with E-state index < -0.39 is 11.7 Å². The van der Waals surface area contributed by atoms with Crippen molar-refractivity contribution in [3.05, 3.63) is 65.7 Å². The third kappa shape index (κ3) is 5.66. The summed E-state index contributed by atoms with van der Waals surface area (Å²) >= 11 is 4.96. The largest absolute Gasteiger partial charge is 0.416 e. The fourth-order valence-electron chi connectivity index (χ4n) is 2.03. The fourth-order valence-corrected chi connectivity index (χ4v) is 2.26. The van der Waals surface area contributed by atoms with Gasteiger partial charge < -0.3 is 10.6 Å². The van der Waals surface area contributed by atoms with Crippen LogP contribution in [-0.2, 0) is 17.4 Å². The summed E-state index contributed by atoms with van der Waals surface area (Å²) in [6, 6.07) is 14.1. The highest BCUT2D eigenvalue weighted by Gasteiger charge is 2.30. The van der Waals surface area contributed by atoms with Gasteiger partial charge in [-0.15, -0.1) is 0 Å². The molecular weight excluding hydrogens is 337 g/mol. The summed E-state index contributed by atoms with van der Waals surface area (Å²) in [7, 11) is 0. The van der Waals surface area contributed by atoms with E-state index in [-0.39, 0.29) is 23.1 Å². The summed E-state index contributed by atoms with van der Waals surface area (Å²) in [6.07, 6.45) is -3.65. The number of benzene rings is 2. The summed E-state index contributed by atoms with van der Waals surface area (Å²) in [5, 5.41) is 5.01. The number of hydrogen-bond acceptors (Lipinski definition) is 2.